The number of rotatable bonds is 4. The molecule has 0 spiro atoms. The van der Waals surface area contributed by atoms with E-state index in [1.807, 2.05) is 60.7 Å². The van der Waals surface area contributed by atoms with E-state index in [0.717, 1.165) is 10.5 Å². The monoisotopic (exact) mass is 246 g/mol. The van der Waals surface area contributed by atoms with Crippen molar-refractivity contribution in [1.29, 1.82) is 0 Å². The molecule has 0 aliphatic carbocycles. The molecule has 3 heteroatoms. The van der Waals surface area contributed by atoms with Gasteiger partial charge in [-0.05, 0) is 17.7 Å². The van der Waals surface area contributed by atoms with Crippen molar-refractivity contribution < 1.29 is 9.32 Å². The van der Waals surface area contributed by atoms with Gasteiger partial charge >= 0.3 is 0 Å². The van der Waals surface area contributed by atoms with Crippen molar-refractivity contribution in [2.75, 3.05) is 5.75 Å². The van der Waals surface area contributed by atoms with E-state index in [-0.39, 0.29) is 5.75 Å². The summed E-state index contributed by atoms with van der Waals surface area (Å²) in [5, 5.41) is 9.96. The molecule has 88 valence electrons. The molecule has 0 saturated heterocycles. The lowest BCUT2D eigenvalue weighted by Crippen LogP contribution is -2.09. The van der Waals surface area contributed by atoms with Crippen LogP contribution < -0.4 is 0 Å². The molecular formula is C14H14O2S. The smallest absolute Gasteiger partial charge is 0.0908 e. The summed E-state index contributed by atoms with van der Waals surface area (Å²) in [7, 11) is -1.16. The van der Waals surface area contributed by atoms with Crippen LogP contribution in [0.3, 0.4) is 0 Å². The van der Waals surface area contributed by atoms with Gasteiger partial charge in [-0.3, -0.25) is 4.21 Å². The molecule has 1 N–H and O–H groups in total. The Morgan fingerprint density at radius 1 is 0.941 bits per heavy atom. The average Bonchev–Trinajstić information content (AvgIpc) is 2.40. The molecule has 2 aromatic rings. The highest BCUT2D eigenvalue weighted by atomic mass is 32.2. The zero-order valence-electron chi connectivity index (χ0n) is 9.32. The fraction of sp³-hybridized carbons (Fsp3) is 0.143. The Kier molecular flexibility index (Phi) is 4.07. The Bertz CT molecular complexity index is 482. The van der Waals surface area contributed by atoms with E-state index in [1.54, 1.807) is 0 Å². The lowest BCUT2D eigenvalue weighted by atomic mass is 10.1. The first kappa shape index (κ1) is 12.0. The number of aliphatic hydroxyl groups is 1. The number of aliphatic hydroxyl groups excluding tert-OH is 1. The maximum Gasteiger partial charge on any atom is 0.0908 e. The van der Waals surface area contributed by atoms with Crippen LogP contribution in [0.2, 0.25) is 0 Å². The van der Waals surface area contributed by atoms with Crippen LogP contribution in [0.1, 0.15) is 11.7 Å². The van der Waals surface area contributed by atoms with E-state index < -0.39 is 16.9 Å². The second-order valence-electron chi connectivity index (χ2n) is 3.75. The predicted molar refractivity (Wildman–Crippen MR) is 69.1 cm³/mol. The predicted octanol–water partition coefficient (Wildman–Crippen LogP) is 2.53. The molecule has 0 bridgehead atoms. The molecule has 0 radical (unpaired) electrons. The maximum atomic E-state index is 12.0. The minimum Gasteiger partial charge on any atom is -0.387 e. The van der Waals surface area contributed by atoms with Crippen molar-refractivity contribution >= 4 is 10.8 Å². The first-order chi connectivity index (χ1) is 8.27. The van der Waals surface area contributed by atoms with Gasteiger partial charge in [-0.25, -0.2) is 0 Å². The molecule has 0 unspecified atom stereocenters. The fourth-order valence-corrected chi connectivity index (χ4v) is 2.72. The third-order valence-electron chi connectivity index (χ3n) is 2.50. The average molecular weight is 246 g/mol. The van der Waals surface area contributed by atoms with Gasteiger partial charge in [0.2, 0.25) is 0 Å². The topological polar surface area (TPSA) is 37.3 Å². The normalized spacial score (nSPS) is 14.2. The summed E-state index contributed by atoms with van der Waals surface area (Å²) in [4.78, 5) is 0.752. The van der Waals surface area contributed by atoms with Crippen LogP contribution >= 0.6 is 0 Å². The van der Waals surface area contributed by atoms with Crippen LogP contribution in [0.5, 0.6) is 0 Å². The Hall–Kier alpha value is -1.45. The van der Waals surface area contributed by atoms with Gasteiger partial charge in [-0.2, -0.15) is 0 Å². The molecular weight excluding hydrogens is 232 g/mol. The van der Waals surface area contributed by atoms with Gasteiger partial charge in [0.15, 0.2) is 0 Å². The molecule has 2 nitrogen and oxygen atoms in total. The minimum absolute atomic E-state index is 0.230. The van der Waals surface area contributed by atoms with Crippen molar-refractivity contribution in [3.05, 3.63) is 66.2 Å². The summed E-state index contributed by atoms with van der Waals surface area (Å²) in [5.74, 6) is 0.230. The number of benzene rings is 2. The van der Waals surface area contributed by atoms with Crippen LogP contribution in [0.15, 0.2) is 65.6 Å². The standard InChI is InChI=1S/C14H14O2S/c15-14(12-7-3-1-4-8-12)11-17(16)13-9-5-2-6-10-13/h1-10,14-15H,11H2/t14-,17+/m0/s1. The Labute approximate surface area is 103 Å². The van der Waals surface area contributed by atoms with E-state index in [2.05, 4.69) is 0 Å². The molecule has 0 saturated carbocycles. The third kappa shape index (κ3) is 3.25. The van der Waals surface area contributed by atoms with Crippen LogP contribution in [0, 0.1) is 0 Å². The van der Waals surface area contributed by atoms with Crippen molar-refractivity contribution in [1.82, 2.24) is 0 Å². The van der Waals surface area contributed by atoms with E-state index in [1.165, 1.54) is 0 Å². The molecule has 0 aromatic heterocycles. The van der Waals surface area contributed by atoms with E-state index >= 15 is 0 Å². The van der Waals surface area contributed by atoms with Crippen LogP contribution in [0.4, 0.5) is 0 Å². The van der Waals surface area contributed by atoms with Crippen LogP contribution in [-0.4, -0.2) is 15.1 Å². The summed E-state index contributed by atoms with van der Waals surface area (Å²) >= 11 is 0. The van der Waals surface area contributed by atoms with Crippen molar-refractivity contribution in [2.45, 2.75) is 11.0 Å². The first-order valence-electron chi connectivity index (χ1n) is 5.44. The quantitative estimate of drug-likeness (QED) is 0.900. The van der Waals surface area contributed by atoms with Crippen LogP contribution in [0.25, 0.3) is 0 Å². The third-order valence-corrected chi connectivity index (χ3v) is 3.92. The van der Waals surface area contributed by atoms with Crippen LogP contribution in [-0.2, 0) is 10.8 Å². The second kappa shape index (κ2) is 5.75. The maximum absolute atomic E-state index is 12.0. The molecule has 2 atom stereocenters. The lowest BCUT2D eigenvalue weighted by Gasteiger charge is -2.10. The fourth-order valence-electron chi connectivity index (χ4n) is 1.58. The van der Waals surface area contributed by atoms with E-state index in [9.17, 15) is 9.32 Å². The zero-order valence-corrected chi connectivity index (χ0v) is 10.1. The Morgan fingerprint density at radius 2 is 1.47 bits per heavy atom. The van der Waals surface area contributed by atoms with Gasteiger partial charge in [0.05, 0.1) is 22.7 Å². The summed E-state index contributed by atoms with van der Waals surface area (Å²) in [6, 6.07) is 18.5. The molecule has 0 aliphatic rings. The molecule has 0 amide bonds. The minimum atomic E-state index is -1.16. The highest BCUT2D eigenvalue weighted by Gasteiger charge is 2.12. The Balaban J connectivity index is 2.05. The van der Waals surface area contributed by atoms with Gasteiger partial charge in [-0.15, -0.1) is 0 Å². The zero-order chi connectivity index (χ0) is 12.1. The molecule has 0 aliphatic heterocycles. The van der Waals surface area contributed by atoms with E-state index in [4.69, 9.17) is 0 Å². The second-order valence-corrected chi connectivity index (χ2v) is 5.25. The SMILES string of the molecule is O=[S@](C[C@H](O)c1ccccc1)c1ccccc1. The van der Waals surface area contributed by atoms with Gasteiger partial charge in [0.1, 0.15) is 0 Å². The summed E-state index contributed by atoms with van der Waals surface area (Å²) in [6.45, 7) is 0. The number of hydrogen-bond acceptors (Lipinski definition) is 2. The summed E-state index contributed by atoms with van der Waals surface area (Å²) in [5.41, 5.74) is 0.803. The molecule has 2 aromatic carbocycles. The summed E-state index contributed by atoms with van der Waals surface area (Å²) in [6.07, 6.45) is -0.683. The highest BCUT2D eigenvalue weighted by Crippen LogP contribution is 2.16. The molecule has 0 heterocycles. The first-order valence-corrected chi connectivity index (χ1v) is 6.75. The Morgan fingerprint density at radius 3 is 2.06 bits per heavy atom. The number of hydrogen-bond donors (Lipinski definition) is 1. The lowest BCUT2D eigenvalue weighted by molar-refractivity contribution is 0.203. The van der Waals surface area contributed by atoms with Gasteiger partial charge in [0.25, 0.3) is 0 Å². The molecule has 2 rings (SSSR count). The summed E-state index contributed by atoms with van der Waals surface area (Å²) < 4.78 is 12.0. The van der Waals surface area contributed by atoms with E-state index in [0.29, 0.717) is 0 Å². The van der Waals surface area contributed by atoms with Crippen molar-refractivity contribution in [3.63, 3.8) is 0 Å². The molecule has 17 heavy (non-hydrogen) atoms. The van der Waals surface area contributed by atoms with Gasteiger partial charge in [0, 0.05) is 4.90 Å². The van der Waals surface area contributed by atoms with Gasteiger partial charge < -0.3 is 5.11 Å². The van der Waals surface area contributed by atoms with Crippen molar-refractivity contribution in [2.24, 2.45) is 0 Å². The van der Waals surface area contributed by atoms with Crippen molar-refractivity contribution in [3.8, 4) is 0 Å². The largest absolute Gasteiger partial charge is 0.387 e. The highest BCUT2D eigenvalue weighted by molar-refractivity contribution is 7.85. The van der Waals surface area contributed by atoms with Gasteiger partial charge in [-0.1, -0.05) is 48.5 Å². The molecule has 0 fully saturated rings.